The highest BCUT2D eigenvalue weighted by Gasteiger charge is 2.57. The van der Waals surface area contributed by atoms with Crippen LogP contribution in [-0.4, -0.2) is 5.78 Å². The number of carbonyl (C=O) groups excluding carboxylic acids is 1. The average molecular weight is 385 g/mol. The van der Waals surface area contributed by atoms with Crippen LogP contribution in [0.1, 0.15) is 63.8 Å². The average Bonchev–Trinajstić information content (AvgIpc) is 3.35. The van der Waals surface area contributed by atoms with Gasteiger partial charge in [0.05, 0.1) is 0 Å². The zero-order chi connectivity index (χ0) is 20.6. The molecule has 2 saturated carbocycles. The summed E-state index contributed by atoms with van der Waals surface area (Å²) in [6.45, 7) is 13.2. The number of aryl methyl sites for hydroxylation is 4. The number of allylic oxidation sites excluding steroid dienone is 2. The van der Waals surface area contributed by atoms with Crippen LogP contribution >= 0.6 is 0 Å². The number of benzene rings is 2. The Hall–Kier alpha value is -2.15. The van der Waals surface area contributed by atoms with Crippen LogP contribution in [0.3, 0.4) is 0 Å². The fraction of sp³-hybridized carbons (Fsp3) is 0.464. The second-order valence-corrected chi connectivity index (χ2v) is 10.0. The molecule has 3 aliphatic carbocycles. The van der Waals surface area contributed by atoms with E-state index >= 15 is 0 Å². The zero-order valence-electron chi connectivity index (χ0n) is 18.6. The maximum absolute atomic E-state index is 13.8. The summed E-state index contributed by atoms with van der Waals surface area (Å²) in [5.41, 5.74) is 12.8. The van der Waals surface area contributed by atoms with Crippen molar-refractivity contribution in [2.24, 2.45) is 23.7 Å². The molecular formula is C28H32O. The van der Waals surface area contributed by atoms with Gasteiger partial charge in [-0.1, -0.05) is 24.3 Å². The van der Waals surface area contributed by atoms with Gasteiger partial charge in [0.25, 0.3) is 0 Å². The van der Waals surface area contributed by atoms with Gasteiger partial charge in [0.15, 0.2) is 5.78 Å². The molecule has 2 aromatic rings. The van der Waals surface area contributed by atoms with Crippen LogP contribution in [0.15, 0.2) is 24.3 Å². The molecule has 4 atom stereocenters. The highest BCUT2D eigenvalue weighted by molar-refractivity contribution is 6.33. The maximum Gasteiger partial charge on any atom is 0.167 e. The standard InChI is InChI=1S/C28H32O/c1-14-9-22(10-15(2)18(14)5)25-24-20-7-8-21(13-20)26(24)28(29)27(25)23-11-16(3)19(6)17(4)12-23/h9-12,20-21,24,26H,7-8,13H2,1-6H3/t20-,21+,24-,26-/m1/s1. The Morgan fingerprint density at radius 3 is 1.62 bits per heavy atom. The van der Waals surface area contributed by atoms with Crippen LogP contribution in [0.2, 0.25) is 0 Å². The van der Waals surface area contributed by atoms with Crippen LogP contribution < -0.4 is 0 Å². The van der Waals surface area contributed by atoms with E-state index in [0.29, 0.717) is 23.5 Å². The van der Waals surface area contributed by atoms with Gasteiger partial charge in [-0.2, -0.15) is 0 Å². The fourth-order valence-electron chi connectivity index (χ4n) is 6.56. The van der Waals surface area contributed by atoms with Crippen molar-refractivity contribution in [1.82, 2.24) is 0 Å². The number of hydrogen-bond acceptors (Lipinski definition) is 1. The van der Waals surface area contributed by atoms with E-state index in [1.807, 2.05) is 0 Å². The second-order valence-electron chi connectivity index (χ2n) is 10.0. The van der Waals surface area contributed by atoms with Crippen molar-refractivity contribution < 1.29 is 4.79 Å². The molecule has 2 bridgehead atoms. The molecule has 0 saturated heterocycles. The summed E-state index contributed by atoms with van der Waals surface area (Å²) < 4.78 is 0. The van der Waals surface area contributed by atoms with Gasteiger partial charge in [-0.15, -0.1) is 0 Å². The monoisotopic (exact) mass is 384 g/mol. The molecule has 1 heteroatoms. The molecule has 150 valence electrons. The van der Waals surface area contributed by atoms with Crippen molar-refractivity contribution in [3.05, 3.63) is 68.8 Å². The van der Waals surface area contributed by atoms with E-state index in [0.717, 1.165) is 11.1 Å². The van der Waals surface area contributed by atoms with E-state index in [4.69, 9.17) is 0 Å². The van der Waals surface area contributed by atoms with Crippen molar-refractivity contribution in [3.63, 3.8) is 0 Å². The SMILES string of the molecule is Cc1cc(C2=C(c3cc(C)c(C)c(C)c3)[C@H]3[C@@H]4CC[C@@H](C4)[C@H]3C2=O)cc(C)c1C. The van der Waals surface area contributed by atoms with Crippen LogP contribution in [0, 0.1) is 65.2 Å². The molecule has 0 spiro atoms. The van der Waals surface area contributed by atoms with Gasteiger partial charge in [-0.25, -0.2) is 0 Å². The summed E-state index contributed by atoms with van der Waals surface area (Å²) in [6, 6.07) is 9.19. The van der Waals surface area contributed by atoms with Gasteiger partial charge < -0.3 is 0 Å². The first-order valence-electron chi connectivity index (χ1n) is 11.2. The first-order chi connectivity index (χ1) is 13.8. The third-order valence-corrected chi connectivity index (χ3v) is 8.52. The van der Waals surface area contributed by atoms with Gasteiger partial charge in [-0.3, -0.25) is 4.79 Å². The van der Waals surface area contributed by atoms with Crippen molar-refractivity contribution >= 4 is 16.9 Å². The third-order valence-electron chi connectivity index (χ3n) is 8.52. The molecule has 2 aromatic carbocycles. The highest BCUT2D eigenvalue weighted by Crippen LogP contribution is 2.62. The molecular weight excluding hydrogens is 352 g/mol. The first-order valence-corrected chi connectivity index (χ1v) is 11.2. The van der Waals surface area contributed by atoms with Gasteiger partial charge in [0, 0.05) is 11.5 Å². The Labute approximate surface area is 175 Å². The fourth-order valence-corrected chi connectivity index (χ4v) is 6.56. The van der Waals surface area contributed by atoms with Crippen molar-refractivity contribution in [1.29, 1.82) is 0 Å². The van der Waals surface area contributed by atoms with Gasteiger partial charge in [0.2, 0.25) is 0 Å². The Balaban J connectivity index is 1.79. The lowest BCUT2D eigenvalue weighted by Crippen LogP contribution is -2.24. The van der Waals surface area contributed by atoms with Gasteiger partial charge in [-0.05, 0) is 129 Å². The van der Waals surface area contributed by atoms with Crippen LogP contribution in [0.5, 0.6) is 0 Å². The van der Waals surface area contributed by atoms with E-state index in [-0.39, 0.29) is 5.92 Å². The third kappa shape index (κ3) is 2.62. The van der Waals surface area contributed by atoms with Crippen molar-refractivity contribution in [2.45, 2.75) is 60.8 Å². The van der Waals surface area contributed by atoms with Gasteiger partial charge in [0.1, 0.15) is 0 Å². The predicted molar refractivity (Wildman–Crippen MR) is 121 cm³/mol. The molecule has 0 radical (unpaired) electrons. The smallest absolute Gasteiger partial charge is 0.167 e. The number of Topliss-reactive ketones (excluding diaryl/α,β-unsaturated/α-hetero) is 1. The molecule has 0 aromatic heterocycles. The lowest BCUT2D eigenvalue weighted by atomic mass is 9.76. The van der Waals surface area contributed by atoms with Gasteiger partial charge >= 0.3 is 0 Å². The summed E-state index contributed by atoms with van der Waals surface area (Å²) in [5.74, 6) is 2.37. The van der Waals surface area contributed by atoms with E-state index in [1.165, 1.54) is 63.8 Å². The first kappa shape index (κ1) is 18.9. The summed E-state index contributed by atoms with van der Waals surface area (Å²) in [7, 11) is 0. The number of hydrogen-bond donors (Lipinski definition) is 0. The highest BCUT2D eigenvalue weighted by atomic mass is 16.1. The van der Waals surface area contributed by atoms with Crippen LogP contribution in [0.25, 0.3) is 11.1 Å². The minimum absolute atomic E-state index is 0.225. The number of carbonyl (C=O) groups is 1. The Kier molecular flexibility index (Phi) is 4.18. The lowest BCUT2D eigenvalue weighted by molar-refractivity contribution is -0.118. The second kappa shape index (κ2) is 6.42. The molecule has 0 amide bonds. The van der Waals surface area contributed by atoms with Crippen molar-refractivity contribution in [2.75, 3.05) is 0 Å². The summed E-state index contributed by atoms with van der Waals surface area (Å²) in [6.07, 6.45) is 3.80. The Morgan fingerprint density at radius 1 is 0.655 bits per heavy atom. The molecule has 5 rings (SSSR count). The minimum atomic E-state index is 0.225. The topological polar surface area (TPSA) is 17.1 Å². The molecule has 1 nitrogen and oxygen atoms in total. The normalized spacial score (nSPS) is 27.9. The predicted octanol–water partition coefficient (Wildman–Crippen LogP) is 6.69. The van der Waals surface area contributed by atoms with E-state index in [2.05, 4.69) is 65.8 Å². The number of ketones is 1. The molecule has 3 aliphatic rings. The van der Waals surface area contributed by atoms with E-state index < -0.39 is 0 Å². The van der Waals surface area contributed by atoms with Crippen molar-refractivity contribution in [3.8, 4) is 0 Å². The Morgan fingerprint density at radius 2 is 1.10 bits per heavy atom. The van der Waals surface area contributed by atoms with E-state index in [9.17, 15) is 4.79 Å². The molecule has 0 heterocycles. The molecule has 29 heavy (non-hydrogen) atoms. The summed E-state index contributed by atoms with van der Waals surface area (Å²) >= 11 is 0. The maximum atomic E-state index is 13.8. The lowest BCUT2D eigenvalue weighted by Gasteiger charge is -2.26. The zero-order valence-corrected chi connectivity index (χ0v) is 18.6. The molecule has 2 fully saturated rings. The van der Waals surface area contributed by atoms with Crippen LogP contribution in [-0.2, 0) is 4.79 Å². The van der Waals surface area contributed by atoms with E-state index in [1.54, 1.807) is 0 Å². The number of fused-ring (bicyclic) bond motifs is 5. The quantitative estimate of drug-likeness (QED) is 0.563. The summed E-state index contributed by atoms with van der Waals surface area (Å²) in [5, 5.41) is 0. The van der Waals surface area contributed by atoms with Crippen LogP contribution in [0.4, 0.5) is 0 Å². The minimum Gasteiger partial charge on any atom is -0.294 e. The Bertz CT molecular complexity index is 1040. The molecule has 0 unspecified atom stereocenters. The number of rotatable bonds is 2. The molecule has 0 aliphatic heterocycles. The molecule has 0 N–H and O–H groups in total. The largest absolute Gasteiger partial charge is 0.294 e. The summed E-state index contributed by atoms with van der Waals surface area (Å²) in [4.78, 5) is 13.8.